The van der Waals surface area contributed by atoms with Crippen LogP contribution in [0.1, 0.15) is 16.7 Å². The third-order valence-corrected chi connectivity index (χ3v) is 5.99. The van der Waals surface area contributed by atoms with Crippen LogP contribution < -0.4 is 5.32 Å². The van der Waals surface area contributed by atoms with Crippen molar-refractivity contribution in [2.24, 2.45) is 0 Å². The SMILES string of the molecule is Cc1ccc(NC(=O)CSc2ncc(-c3ccc(C)cc3)n2-c2ccc(C)cc2)cc1. The van der Waals surface area contributed by atoms with Crippen molar-refractivity contribution in [1.82, 2.24) is 9.55 Å². The maximum absolute atomic E-state index is 12.5. The quantitative estimate of drug-likeness (QED) is 0.373. The third kappa shape index (κ3) is 5.06. The summed E-state index contributed by atoms with van der Waals surface area (Å²) in [5.41, 5.74) is 7.51. The molecule has 1 amide bonds. The topological polar surface area (TPSA) is 46.9 Å². The lowest BCUT2D eigenvalue weighted by molar-refractivity contribution is -0.113. The maximum atomic E-state index is 12.5. The van der Waals surface area contributed by atoms with E-state index in [1.54, 1.807) is 0 Å². The Balaban J connectivity index is 1.59. The number of aryl methyl sites for hydroxylation is 3. The summed E-state index contributed by atoms with van der Waals surface area (Å²) in [6.07, 6.45) is 1.88. The van der Waals surface area contributed by atoms with Gasteiger partial charge in [0.05, 0.1) is 17.6 Å². The monoisotopic (exact) mass is 427 g/mol. The van der Waals surface area contributed by atoms with E-state index in [0.29, 0.717) is 0 Å². The van der Waals surface area contributed by atoms with Gasteiger partial charge in [-0.1, -0.05) is 77.0 Å². The highest BCUT2D eigenvalue weighted by atomic mass is 32.2. The number of nitrogens with zero attached hydrogens (tertiary/aromatic N) is 2. The lowest BCUT2D eigenvalue weighted by Crippen LogP contribution is -2.14. The number of amides is 1. The van der Waals surface area contributed by atoms with Crippen molar-refractivity contribution in [2.45, 2.75) is 25.9 Å². The fourth-order valence-corrected chi connectivity index (χ4v) is 4.06. The smallest absolute Gasteiger partial charge is 0.234 e. The number of benzene rings is 3. The molecule has 0 bridgehead atoms. The van der Waals surface area contributed by atoms with E-state index in [0.717, 1.165) is 33.4 Å². The zero-order valence-corrected chi connectivity index (χ0v) is 18.7. The summed E-state index contributed by atoms with van der Waals surface area (Å²) in [6.45, 7) is 6.18. The first-order valence-corrected chi connectivity index (χ1v) is 11.2. The van der Waals surface area contributed by atoms with E-state index < -0.39 is 0 Å². The van der Waals surface area contributed by atoms with E-state index in [1.807, 2.05) is 37.4 Å². The average molecular weight is 428 g/mol. The summed E-state index contributed by atoms with van der Waals surface area (Å²) < 4.78 is 2.12. The van der Waals surface area contributed by atoms with Gasteiger partial charge >= 0.3 is 0 Å². The van der Waals surface area contributed by atoms with Crippen molar-refractivity contribution >= 4 is 23.4 Å². The molecule has 0 unspecified atom stereocenters. The van der Waals surface area contributed by atoms with Crippen LogP contribution in [0, 0.1) is 20.8 Å². The Labute approximate surface area is 187 Å². The molecule has 156 valence electrons. The van der Waals surface area contributed by atoms with Gasteiger partial charge in [0, 0.05) is 16.9 Å². The first-order valence-electron chi connectivity index (χ1n) is 10.2. The second-order valence-corrected chi connectivity index (χ2v) is 8.61. The second kappa shape index (κ2) is 9.23. The van der Waals surface area contributed by atoms with Crippen LogP contribution in [0.15, 0.2) is 84.1 Å². The Hall–Kier alpha value is -3.31. The highest BCUT2D eigenvalue weighted by Gasteiger charge is 2.15. The van der Waals surface area contributed by atoms with Crippen LogP contribution in [0.4, 0.5) is 5.69 Å². The van der Waals surface area contributed by atoms with Crippen molar-refractivity contribution in [2.75, 3.05) is 11.1 Å². The number of imidazole rings is 1. The van der Waals surface area contributed by atoms with E-state index in [4.69, 9.17) is 0 Å². The summed E-state index contributed by atoms with van der Waals surface area (Å²) in [4.78, 5) is 17.2. The molecule has 1 heterocycles. The lowest BCUT2D eigenvalue weighted by Gasteiger charge is -2.13. The molecule has 1 aromatic heterocycles. The van der Waals surface area contributed by atoms with Gasteiger partial charge in [-0.25, -0.2) is 4.98 Å². The van der Waals surface area contributed by atoms with Crippen molar-refractivity contribution < 1.29 is 4.79 Å². The van der Waals surface area contributed by atoms with Gasteiger partial charge in [0.2, 0.25) is 5.91 Å². The Morgan fingerprint density at radius 1 is 0.839 bits per heavy atom. The van der Waals surface area contributed by atoms with Gasteiger partial charge in [-0.3, -0.25) is 9.36 Å². The van der Waals surface area contributed by atoms with Gasteiger partial charge < -0.3 is 5.32 Å². The minimum absolute atomic E-state index is 0.0517. The summed E-state index contributed by atoms with van der Waals surface area (Å²) in [5.74, 6) is 0.230. The number of carbonyl (C=O) groups is 1. The Morgan fingerprint density at radius 2 is 1.39 bits per heavy atom. The molecule has 0 aliphatic carbocycles. The standard InChI is InChI=1S/C26H25N3OS/c1-18-4-10-21(11-5-18)24-16-27-26(29(24)23-14-8-20(3)9-15-23)31-17-25(30)28-22-12-6-19(2)7-13-22/h4-16H,17H2,1-3H3,(H,28,30). The van der Waals surface area contributed by atoms with E-state index >= 15 is 0 Å². The van der Waals surface area contributed by atoms with Crippen LogP contribution >= 0.6 is 11.8 Å². The molecule has 5 heteroatoms. The molecule has 0 saturated carbocycles. The van der Waals surface area contributed by atoms with Crippen LogP contribution in [0.5, 0.6) is 0 Å². The Bertz CT molecular complexity index is 1180. The molecule has 0 saturated heterocycles. The van der Waals surface area contributed by atoms with Crippen molar-refractivity contribution in [3.05, 3.63) is 95.7 Å². The molecule has 0 fully saturated rings. The molecule has 0 aliphatic heterocycles. The number of aromatic nitrogens is 2. The van der Waals surface area contributed by atoms with Gasteiger partial charge in [-0.2, -0.15) is 0 Å². The summed E-state index contributed by atoms with van der Waals surface area (Å²) in [7, 11) is 0. The summed E-state index contributed by atoms with van der Waals surface area (Å²) >= 11 is 1.44. The van der Waals surface area contributed by atoms with E-state index in [1.165, 1.54) is 22.9 Å². The van der Waals surface area contributed by atoms with Gasteiger partial charge in [0.1, 0.15) is 0 Å². The molecule has 0 aliphatic rings. The number of hydrogen-bond donors (Lipinski definition) is 1. The van der Waals surface area contributed by atoms with Crippen molar-refractivity contribution in [1.29, 1.82) is 0 Å². The number of rotatable bonds is 6. The zero-order valence-electron chi connectivity index (χ0n) is 17.9. The van der Waals surface area contributed by atoms with Crippen LogP contribution in [0.3, 0.4) is 0 Å². The van der Waals surface area contributed by atoms with Gasteiger partial charge in [0.15, 0.2) is 5.16 Å². The van der Waals surface area contributed by atoms with Gasteiger partial charge in [-0.15, -0.1) is 0 Å². The molecular formula is C26H25N3OS. The van der Waals surface area contributed by atoms with Crippen LogP contribution in [-0.4, -0.2) is 21.2 Å². The summed E-state index contributed by atoms with van der Waals surface area (Å²) in [5, 5.41) is 3.74. The Morgan fingerprint density at radius 3 is 2.00 bits per heavy atom. The fourth-order valence-electron chi connectivity index (χ4n) is 3.27. The maximum Gasteiger partial charge on any atom is 0.234 e. The molecule has 0 atom stereocenters. The molecule has 3 aromatic carbocycles. The largest absolute Gasteiger partial charge is 0.325 e. The molecule has 1 N–H and O–H groups in total. The summed E-state index contributed by atoms with van der Waals surface area (Å²) in [6, 6.07) is 24.6. The first kappa shape index (κ1) is 20.9. The Kier molecular flexibility index (Phi) is 6.23. The lowest BCUT2D eigenvalue weighted by atomic mass is 10.1. The van der Waals surface area contributed by atoms with Crippen molar-refractivity contribution in [3.63, 3.8) is 0 Å². The predicted octanol–water partition coefficient (Wildman–Crippen LogP) is 6.20. The minimum atomic E-state index is -0.0517. The molecular weight excluding hydrogens is 402 g/mol. The number of anilines is 1. The van der Waals surface area contributed by atoms with E-state index in [2.05, 4.69) is 77.2 Å². The van der Waals surface area contributed by atoms with E-state index in [9.17, 15) is 4.79 Å². The highest BCUT2D eigenvalue weighted by molar-refractivity contribution is 7.99. The average Bonchev–Trinajstić information content (AvgIpc) is 3.19. The predicted molar refractivity (Wildman–Crippen MR) is 129 cm³/mol. The number of carbonyl (C=O) groups excluding carboxylic acids is 1. The van der Waals surface area contributed by atoms with E-state index in [-0.39, 0.29) is 11.7 Å². The molecule has 4 rings (SSSR count). The number of hydrogen-bond acceptors (Lipinski definition) is 3. The first-order chi connectivity index (χ1) is 15.0. The molecule has 0 radical (unpaired) electrons. The fraction of sp³-hybridized carbons (Fsp3) is 0.154. The van der Waals surface area contributed by atoms with Gasteiger partial charge in [-0.05, 0) is 45.0 Å². The highest BCUT2D eigenvalue weighted by Crippen LogP contribution is 2.30. The van der Waals surface area contributed by atoms with Crippen LogP contribution in [-0.2, 0) is 4.79 Å². The van der Waals surface area contributed by atoms with Crippen molar-refractivity contribution in [3.8, 4) is 16.9 Å². The van der Waals surface area contributed by atoms with Crippen LogP contribution in [0.2, 0.25) is 0 Å². The number of thioether (sulfide) groups is 1. The second-order valence-electron chi connectivity index (χ2n) is 7.67. The molecule has 0 spiro atoms. The molecule has 4 nitrogen and oxygen atoms in total. The third-order valence-electron chi connectivity index (χ3n) is 5.04. The van der Waals surface area contributed by atoms with Gasteiger partial charge in [0.25, 0.3) is 0 Å². The molecule has 31 heavy (non-hydrogen) atoms. The normalized spacial score (nSPS) is 10.8. The minimum Gasteiger partial charge on any atom is -0.325 e. The van der Waals surface area contributed by atoms with Crippen LogP contribution in [0.25, 0.3) is 16.9 Å². The number of nitrogens with one attached hydrogen (secondary N) is 1. The zero-order chi connectivity index (χ0) is 21.8. The molecule has 4 aromatic rings.